The van der Waals surface area contributed by atoms with Crippen molar-refractivity contribution in [3.8, 4) is 5.75 Å². The van der Waals surface area contributed by atoms with E-state index in [4.69, 9.17) is 9.84 Å². The van der Waals surface area contributed by atoms with Gasteiger partial charge in [0.25, 0.3) is 10.0 Å². The van der Waals surface area contributed by atoms with Gasteiger partial charge in [0.2, 0.25) is 0 Å². The van der Waals surface area contributed by atoms with E-state index in [0.717, 1.165) is 31.3 Å². The van der Waals surface area contributed by atoms with Crippen molar-refractivity contribution in [2.75, 3.05) is 18.5 Å². The lowest BCUT2D eigenvalue weighted by Crippen LogP contribution is -2.29. The van der Waals surface area contributed by atoms with Crippen LogP contribution in [0.5, 0.6) is 5.75 Å². The molecule has 0 aliphatic heterocycles. The van der Waals surface area contributed by atoms with Gasteiger partial charge in [-0.1, -0.05) is 12.1 Å². The van der Waals surface area contributed by atoms with Gasteiger partial charge >= 0.3 is 5.97 Å². The first kappa shape index (κ1) is 18.7. The molecule has 2 aromatic carbocycles. The normalized spacial score (nSPS) is 11.2. The average Bonchev–Trinajstić information content (AvgIpc) is 2.53. The number of ether oxygens (including phenoxy) is 1. The Bertz CT molecular complexity index is 894. The average molecular weight is 371 g/mol. The molecule has 0 aromatic heterocycles. The lowest BCUT2D eigenvalue weighted by atomic mass is 10.1. The van der Waals surface area contributed by atoms with Crippen LogP contribution in [-0.4, -0.2) is 33.7 Å². The monoisotopic (exact) mass is 371 g/mol. The Balaban J connectivity index is 2.60. The highest BCUT2D eigenvalue weighted by molar-refractivity contribution is 7.92. The molecule has 0 aliphatic carbocycles. The number of nitrogens with zero attached hydrogens (tertiary/aromatic N) is 1. The van der Waals surface area contributed by atoms with Crippen LogP contribution in [0.15, 0.2) is 41.3 Å². The molecule has 134 valence electrons. The van der Waals surface area contributed by atoms with E-state index in [1.54, 1.807) is 0 Å². The fourth-order valence-electron chi connectivity index (χ4n) is 2.26. The molecule has 0 radical (unpaired) electrons. The van der Waals surface area contributed by atoms with E-state index in [1.807, 2.05) is 0 Å². The van der Waals surface area contributed by atoms with Crippen LogP contribution in [-0.2, 0) is 21.2 Å². The van der Waals surface area contributed by atoms with Crippen LogP contribution >= 0.6 is 0 Å². The van der Waals surface area contributed by atoms with E-state index >= 15 is 0 Å². The van der Waals surface area contributed by atoms with Gasteiger partial charge in [-0.2, -0.15) is 0 Å². The number of aliphatic carboxylic acids is 1. The molecule has 9 heteroatoms. The van der Waals surface area contributed by atoms with E-state index in [2.05, 4.69) is 0 Å². The van der Waals surface area contributed by atoms with E-state index in [-0.39, 0.29) is 16.2 Å². The number of carboxylic acids is 1. The van der Waals surface area contributed by atoms with Crippen LogP contribution in [0, 0.1) is 11.6 Å². The van der Waals surface area contributed by atoms with Gasteiger partial charge in [-0.15, -0.1) is 0 Å². The van der Waals surface area contributed by atoms with Crippen LogP contribution in [0.1, 0.15) is 5.56 Å². The quantitative estimate of drug-likeness (QED) is 0.843. The van der Waals surface area contributed by atoms with Crippen molar-refractivity contribution in [1.29, 1.82) is 0 Å². The Morgan fingerprint density at radius 1 is 1.20 bits per heavy atom. The van der Waals surface area contributed by atoms with E-state index in [1.165, 1.54) is 19.2 Å². The molecule has 0 saturated carbocycles. The fourth-order valence-corrected chi connectivity index (χ4v) is 3.68. The summed E-state index contributed by atoms with van der Waals surface area (Å²) in [5.74, 6) is -3.32. The van der Waals surface area contributed by atoms with Gasteiger partial charge in [0.05, 0.1) is 13.5 Å². The van der Waals surface area contributed by atoms with Gasteiger partial charge in [-0.25, -0.2) is 17.2 Å². The van der Waals surface area contributed by atoms with Crippen LogP contribution < -0.4 is 9.04 Å². The Labute approximate surface area is 143 Å². The molecule has 0 spiro atoms. The highest BCUT2D eigenvalue weighted by Gasteiger charge is 2.29. The standard InChI is InChI=1S/C16H15F2NO5S/c1-19(16-11(17)4-3-5-12(16)18)25(22,23)14-8-10(9-15(20)21)6-7-13(14)24-2/h3-8H,9H2,1-2H3,(H,20,21). The third kappa shape index (κ3) is 3.71. The fraction of sp³-hybridized carbons (Fsp3) is 0.188. The minimum Gasteiger partial charge on any atom is -0.495 e. The molecule has 0 saturated heterocycles. The number of benzene rings is 2. The maximum absolute atomic E-state index is 13.9. The Morgan fingerprint density at radius 3 is 2.32 bits per heavy atom. The number of hydrogen-bond donors (Lipinski definition) is 1. The molecule has 0 aliphatic rings. The molecule has 0 heterocycles. The Hall–Kier alpha value is -2.68. The number of anilines is 1. The lowest BCUT2D eigenvalue weighted by molar-refractivity contribution is -0.136. The third-order valence-electron chi connectivity index (χ3n) is 3.47. The maximum Gasteiger partial charge on any atom is 0.307 e. The second-order valence-electron chi connectivity index (χ2n) is 5.10. The zero-order valence-corrected chi connectivity index (χ0v) is 14.2. The van der Waals surface area contributed by atoms with Gasteiger partial charge in [-0.3, -0.25) is 9.10 Å². The Kier molecular flexibility index (Phi) is 5.27. The molecule has 6 nitrogen and oxygen atoms in total. The van der Waals surface area contributed by atoms with Crippen molar-refractivity contribution in [3.63, 3.8) is 0 Å². The largest absolute Gasteiger partial charge is 0.495 e. The molecular formula is C16H15F2NO5S. The van der Waals surface area contributed by atoms with Crippen molar-refractivity contribution >= 4 is 21.7 Å². The molecule has 0 amide bonds. The highest BCUT2D eigenvalue weighted by Crippen LogP contribution is 2.32. The zero-order chi connectivity index (χ0) is 18.8. The second kappa shape index (κ2) is 7.06. The summed E-state index contributed by atoms with van der Waals surface area (Å²) in [5.41, 5.74) is -0.539. The number of rotatable bonds is 6. The van der Waals surface area contributed by atoms with Gasteiger partial charge in [0, 0.05) is 7.05 Å². The summed E-state index contributed by atoms with van der Waals surface area (Å²) >= 11 is 0. The summed E-state index contributed by atoms with van der Waals surface area (Å²) in [5, 5.41) is 8.86. The maximum atomic E-state index is 13.9. The van der Waals surface area contributed by atoms with Gasteiger partial charge in [0.15, 0.2) is 11.6 Å². The minimum atomic E-state index is -4.40. The first-order valence-corrected chi connectivity index (χ1v) is 8.44. The molecule has 0 atom stereocenters. The van der Waals surface area contributed by atoms with Crippen LogP contribution in [0.25, 0.3) is 0 Å². The van der Waals surface area contributed by atoms with Gasteiger partial charge in [-0.05, 0) is 29.8 Å². The van der Waals surface area contributed by atoms with E-state index in [9.17, 15) is 22.0 Å². The summed E-state index contributed by atoms with van der Waals surface area (Å²) < 4.78 is 58.9. The summed E-state index contributed by atoms with van der Waals surface area (Å²) in [7, 11) is -2.17. The summed E-state index contributed by atoms with van der Waals surface area (Å²) in [6.07, 6.45) is -0.412. The Morgan fingerprint density at radius 2 is 1.80 bits per heavy atom. The number of methoxy groups -OCH3 is 1. The second-order valence-corrected chi connectivity index (χ2v) is 7.04. The molecule has 0 fully saturated rings. The van der Waals surface area contributed by atoms with Crippen molar-refractivity contribution < 1.29 is 31.8 Å². The predicted molar refractivity (Wildman–Crippen MR) is 86.3 cm³/mol. The number of halogens is 2. The first-order chi connectivity index (χ1) is 11.7. The highest BCUT2D eigenvalue weighted by atomic mass is 32.2. The number of hydrogen-bond acceptors (Lipinski definition) is 4. The summed E-state index contributed by atoms with van der Waals surface area (Å²) in [6.45, 7) is 0. The molecular weight excluding hydrogens is 356 g/mol. The van der Waals surface area contributed by atoms with Crippen molar-refractivity contribution in [2.45, 2.75) is 11.3 Å². The zero-order valence-electron chi connectivity index (χ0n) is 13.4. The van der Waals surface area contributed by atoms with Crippen molar-refractivity contribution in [2.24, 2.45) is 0 Å². The minimum absolute atomic E-state index is 0.0715. The number of carboxylic acid groups (broad SMARTS) is 1. The molecule has 1 N–H and O–H groups in total. The van der Waals surface area contributed by atoms with Crippen LogP contribution in [0.4, 0.5) is 14.5 Å². The van der Waals surface area contributed by atoms with E-state index < -0.39 is 39.7 Å². The van der Waals surface area contributed by atoms with Crippen LogP contribution in [0.2, 0.25) is 0 Å². The topological polar surface area (TPSA) is 83.9 Å². The molecule has 25 heavy (non-hydrogen) atoms. The number of para-hydroxylation sites is 1. The SMILES string of the molecule is COc1ccc(CC(=O)O)cc1S(=O)(=O)N(C)c1c(F)cccc1F. The van der Waals surface area contributed by atoms with Gasteiger partial charge in [0.1, 0.15) is 16.3 Å². The van der Waals surface area contributed by atoms with Crippen molar-refractivity contribution in [3.05, 3.63) is 53.6 Å². The predicted octanol–water partition coefficient (Wildman–Crippen LogP) is 2.43. The lowest BCUT2D eigenvalue weighted by Gasteiger charge is -2.22. The number of carbonyl (C=O) groups is 1. The summed E-state index contributed by atoms with van der Waals surface area (Å²) in [6, 6.07) is 6.78. The van der Waals surface area contributed by atoms with Crippen molar-refractivity contribution in [1.82, 2.24) is 0 Å². The summed E-state index contributed by atoms with van der Waals surface area (Å²) in [4.78, 5) is 10.4. The molecule has 2 aromatic rings. The molecule has 0 unspecified atom stereocenters. The number of sulfonamides is 1. The molecule has 2 rings (SSSR count). The smallest absolute Gasteiger partial charge is 0.307 e. The van der Waals surface area contributed by atoms with Crippen LogP contribution in [0.3, 0.4) is 0 Å². The van der Waals surface area contributed by atoms with E-state index in [0.29, 0.717) is 4.31 Å². The third-order valence-corrected chi connectivity index (χ3v) is 5.25. The molecule has 0 bridgehead atoms. The first-order valence-electron chi connectivity index (χ1n) is 7.00. The van der Waals surface area contributed by atoms with Gasteiger partial charge < -0.3 is 9.84 Å².